The van der Waals surface area contributed by atoms with Gasteiger partial charge in [0.05, 0.1) is 23.8 Å². The third-order valence-electron chi connectivity index (χ3n) is 3.65. The topological polar surface area (TPSA) is 64.3 Å². The van der Waals surface area contributed by atoms with E-state index in [2.05, 4.69) is 4.98 Å². The van der Waals surface area contributed by atoms with E-state index in [9.17, 15) is 14.3 Å². The first-order chi connectivity index (χ1) is 11.5. The summed E-state index contributed by atoms with van der Waals surface area (Å²) in [5.41, 5.74) is 1.34. The highest BCUT2D eigenvalue weighted by molar-refractivity contribution is 5.77. The van der Waals surface area contributed by atoms with E-state index in [1.54, 1.807) is 24.3 Å². The number of hydrogen-bond acceptors (Lipinski definition) is 4. The molecule has 24 heavy (non-hydrogen) atoms. The summed E-state index contributed by atoms with van der Waals surface area (Å²) in [6, 6.07) is 11.4. The molecule has 2 aromatic carbocycles. The average Bonchev–Trinajstić information content (AvgIpc) is 2.57. The van der Waals surface area contributed by atoms with Crippen LogP contribution >= 0.6 is 0 Å². The first-order valence-electron chi connectivity index (χ1n) is 7.56. The fourth-order valence-corrected chi connectivity index (χ4v) is 2.43. The van der Waals surface area contributed by atoms with E-state index in [-0.39, 0.29) is 24.5 Å². The monoisotopic (exact) mass is 328 g/mol. The molecule has 0 fully saturated rings. The Hall–Kier alpha value is -2.73. The summed E-state index contributed by atoms with van der Waals surface area (Å²) in [6.07, 6.45) is 0.429. The Morgan fingerprint density at radius 3 is 2.88 bits per heavy atom. The number of para-hydroxylation sites is 1. The van der Waals surface area contributed by atoms with Gasteiger partial charge in [-0.25, -0.2) is 9.37 Å². The molecule has 0 amide bonds. The average molecular weight is 328 g/mol. The second-order valence-corrected chi connectivity index (χ2v) is 5.62. The van der Waals surface area contributed by atoms with Crippen LogP contribution in [0.1, 0.15) is 5.56 Å². The van der Waals surface area contributed by atoms with Crippen LogP contribution in [0.25, 0.3) is 10.9 Å². The molecule has 0 radical (unpaired) electrons. The van der Waals surface area contributed by atoms with Gasteiger partial charge < -0.3 is 9.84 Å². The number of aliphatic hydroxyl groups is 1. The molecule has 3 aromatic rings. The zero-order chi connectivity index (χ0) is 17.1. The Morgan fingerprint density at radius 1 is 1.29 bits per heavy atom. The van der Waals surface area contributed by atoms with Crippen molar-refractivity contribution in [3.05, 3.63) is 70.5 Å². The van der Waals surface area contributed by atoms with Gasteiger partial charge in [-0.3, -0.25) is 9.36 Å². The van der Waals surface area contributed by atoms with Crippen molar-refractivity contribution in [1.82, 2.24) is 9.55 Å². The molecule has 1 unspecified atom stereocenters. The summed E-state index contributed by atoms with van der Waals surface area (Å²) in [4.78, 5) is 16.7. The first-order valence-corrected chi connectivity index (χ1v) is 7.56. The van der Waals surface area contributed by atoms with Crippen molar-refractivity contribution in [2.75, 3.05) is 6.61 Å². The van der Waals surface area contributed by atoms with Crippen molar-refractivity contribution in [1.29, 1.82) is 0 Å². The van der Waals surface area contributed by atoms with E-state index >= 15 is 0 Å². The van der Waals surface area contributed by atoms with Crippen LogP contribution in [0.3, 0.4) is 0 Å². The lowest BCUT2D eigenvalue weighted by molar-refractivity contribution is 0.0895. The van der Waals surface area contributed by atoms with E-state index in [4.69, 9.17) is 4.74 Å². The lowest BCUT2D eigenvalue weighted by Crippen LogP contribution is -2.30. The summed E-state index contributed by atoms with van der Waals surface area (Å²) in [7, 11) is 0. The minimum absolute atomic E-state index is 0.0180. The Balaban J connectivity index is 1.73. The van der Waals surface area contributed by atoms with E-state index in [0.717, 1.165) is 5.56 Å². The molecule has 124 valence electrons. The van der Waals surface area contributed by atoms with Gasteiger partial charge in [0.1, 0.15) is 12.7 Å². The van der Waals surface area contributed by atoms with Crippen LogP contribution < -0.4 is 10.3 Å². The molecule has 1 aromatic heterocycles. The number of aromatic nitrogens is 2. The summed E-state index contributed by atoms with van der Waals surface area (Å²) in [5.74, 6) is -0.430. The quantitative estimate of drug-likeness (QED) is 0.780. The number of rotatable bonds is 5. The van der Waals surface area contributed by atoms with Gasteiger partial charge in [-0.05, 0) is 31.2 Å². The molecule has 0 bridgehead atoms. The number of halogens is 1. The molecule has 0 aliphatic heterocycles. The number of aliphatic hydroxyl groups excluding tert-OH is 1. The van der Waals surface area contributed by atoms with Gasteiger partial charge in [0.2, 0.25) is 0 Å². The number of aryl methyl sites for hydroxylation is 1. The maximum atomic E-state index is 13.5. The fourth-order valence-electron chi connectivity index (χ4n) is 2.43. The minimum Gasteiger partial charge on any atom is -0.488 e. The van der Waals surface area contributed by atoms with Gasteiger partial charge in [0, 0.05) is 0 Å². The number of ether oxygens (including phenoxy) is 1. The molecular formula is C18H17FN2O3. The minimum atomic E-state index is -0.966. The highest BCUT2D eigenvalue weighted by atomic mass is 19.1. The van der Waals surface area contributed by atoms with Crippen molar-refractivity contribution in [3.8, 4) is 5.75 Å². The van der Waals surface area contributed by atoms with Crippen LogP contribution in [-0.2, 0) is 6.54 Å². The molecule has 1 N–H and O–H groups in total. The molecule has 1 atom stereocenters. The second-order valence-electron chi connectivity index (χ2n) is 5.62. The SMILES string of the molecule is Cc1ccc2ncn(CC(O)COc3ccccc3F)c(=O)c2c1. The zero-order valence-electron chi connectivity index (χ0n) is 13.1. The highest BCUT2D eigenvalue weighted by Gasteiger charge is 2.11. The summed E-state index contributed by atoms with van der Waals surface area (Å²) in [5, 5.41) is 10.6. The summed E-state index contributed by atoms with van der Waals surface area (Å²) >= 11 is 0. The predicted molar refractivity (Wildman–Crippen MR) is 88.6 cm³/mol. The third-order valence-corrected chi connectivity index (χ3v) is 3.65. The maximum absolute atomic E-state index is 13.5. The number of hydrogen-bond donors (Lipinski definition) is 1. The highest BCUT2D eigenvalue weighted by Crippen LogP contribution is 2.15. The first kappa shape index (κ1) is 16.1. The fraction of sp³-hybridized carbons (Fsp3) is 0.222. The zero-order valence-corrected chi connectivity index (χ0v) is 13.1. The van der Waals surface area contributed by atoms with Crippen molar-refractivity contribution in [2.45, 2.75) is 19.6 Å². The molecule has 0 saturated heterocycles. The summed E-state index contributed by atoms with van der Waals surface area (Å²) in [6.45, 7) is 1.79. The smallest absolute Gasteiger partial charge is 0.261 e. The Bertz CT molecular complexity index is 924. The molecular weight excluding hydrogens is 311 g/mol. The second kappa shape index (κ2) is 6.80. The lowest BCUT2D eigenvalue weighted by atomic mass is 10.2. The molecule has 0 aliphatic carbocycles. The normalized spacial score (nSPS) is 12.3. The van der Waals surface area contributed by atoms with Crippen LogP contribution in [0.2, 0.25) is 0 Å². The molecule has 5 nitrogen and oxygen atoms in total. The Morgan fingerprint density at radius 2 is 2.08 bits per heavy atom. The van der Waals surface area contributed by atoms with Gasteiger partial charge in [0.25, 0.3) is 5.56 Å². The van der Waals surface area contributed by atoms with Crippen LogP contribution in [0.15, 0.2) is 53.6 Å². The standard InChI is InChI=1S/C18H17FN2O3/c1-12-6-7-16-14(8-12)18(23)21(11-20-16)9-13(22)10-24-17-5-3-2-4-15(17)19/h2-8,11,13,22H,9-10H2,1H3. The number of fused-ring (bicyclic) bond motifs is 1. The largest absolute Gasteiger partial charge is 0.488 e. The Kier molecular flexibility index (Phi) is 4.57. The van der Waals surface area contributed by atoms with Gasteiger partial charge >= 0.3 is 0 Å². The molecule has 1 heterocycles. The van der Waals surface area contributed by atoms with E-state index in [0.29, 0.717) is 10.9 Å². The number of nitrogens with zero attached hydrogens (tertiary/aromatic N) is 2. The van der Waals surface area contributed by atoms with Crippen molar-refractivity contribution in [2.24, 2.45) is 0 Å². The number of benzene rings is 2. The van der Waals surface area contributed by atoms with Gasteiger partial charge in [-0.2, -0.15) is 0 Å². The van der Waals surface area contributed by atoms with E-state index < -0.39 is 11.9 Å². The van der Waals surface area contributed by atoms with Crippen LogP contribution in [0.4, 0.5) is 4.39 Å². The third kappa shape index (κ3) is 3.44. The van der Waals surface area contributed by atoms with Crippen LogP contribution in [-0.4, -0.2) is 27.4 Å². The molecule has 0 saturated carbocycles. The molecule has 0 aliphatic rings. The van der Waals surface area contributed by atoms with Gasteiger partial charge in [-0.15, -0.1) is 0 Å². The summed E-state index contributed by atoms with van der Waals surface area (Å²) < 4.78 is 20.1. The van der Waals surface area contributed by atoms with Crippen molar-refractivity contribution < 1.29 is 14.2 Å². The lowest BCUT2D eigenvalue weighted by Gasteiger charge is -2.14. The van der Waals surface area contributed by atoms with Crippen molar-refractivity contribution >= 4 is 10.9 Å². The van der Waals surface area contributed by atoms with Crippen LogP contribution in [0.5, 0.6) is 5.75 Å². The van der Waals surface area contributed by atoms with Gasteiger partial charge in [-0.1, -0.05) is 23.8 Å². The van der Waals surface area contributed by atoms with Crippen LogP contribution in [0, 0.1) is 12.7 Å². The van der Waals surface area contributed by atoms with Gasteiger partial charge in [0.15, 0.2) is 11.6 Å². The molecule has 0 spiro atoms. The maximum Gasteiger partial charge on any atom is 0.261 e. The van der Waals surface area contributed by atoms with E-state index in [1.165, 1.54) is 23.0 Å². The van der Waals surface area contributed by atoms with Crippen molar-refractivity contribution in [3.63, 3.8) is 0 Å². The van der Waals surface area contributed by atoms with E-state index in [1.807, 2.05) is 13.0 Å². The molecule has 3 rings (SSSR count). The molecule has 6 heteroatoms. The predicted octanol–water partition coefficient (Wildman–Crippen LogP) is 2.28. The Labute approximate surface area is 138 Å².